The molecule has 1 aromatic carbocycles. The molecule has 160 valence electrons. The third kappa shape index (κ3) is 5.08. The van der Waals surface area contributed by atoms with Crippen LogP contribution >= 0.6 is 0 Å². The first-order chi connectivity index (χ1) is 13.8. The molecule has 0 aliphatic carbocycles. The van der Waals surface area contributed by atoms with Gasteiger partial charge in [-0.2, -0.15) is 18.3 Å². The molecule has 0 unspecified atom stereocenters. The van der Waals surface area contributed by atoms with Gasteiger partial charge in [0.1, 0.15) is 5.82 Å². The minimum absolute atomic E-state index is 0.119. The molecule has 0 N–H and O–H groups in total. The average molecular weight is 412 g/mol. The Labute approximate surface area is 167 Å². The monoisotopic (exact) mass is 412 g/mol. The number of benzene rings is 1. The lowest BCUT2D eigenvalue weighted by Gasteiger charge is -2.31. The number of alkyl halides is 3. The van der Waals surface area contributed by atoms with Crippen molar-refractivity contribution in [2.75, 3.05) is 26.8 Å². The quantitative estimate of drug-likeness (QED) is 0.701. The zero-order chi connectivity index (χ0) is 21.0. The van der Waals surface area contributed by atoms with E-state index in [2.05, 4.69) is 10.00 Å². The van der Waals surface area contributed by atoms with Crippen LogP contribution in [0.1, 0.15) is 42.6 Å². The van der Waals surface area contributed by atoms with E-state index in [4.69, 9.17) is 4.74 Å². The summed E-state index contributed by atoms with van der Waals surface area (Å²) >= 11 is 0. The van der Waals surface area contributed by atoms with E-state index >= 15 is 0 Å². The topological polar surface area (TPSA) is 52.3 Å². The van der Waals surface area contributed by atoms with E-state index in [1.807, 2.05) is 6.92 Å². The second-order valence-electron chi connectivity index (χ2n) is 7.35. The summed E-state index contributed by atoms with van der Waals surface area (Å²) in [6, 6.07) is 5.50. The molecule has 0 radical (unpaired) electrons. The number of hydrogen-bond donors (Lipinski definition) is 0. The van der Waals surface area contributed by atoms with Gasteiger partial charge in [0.15, 0.2) is 0 Å². The summed E-state index contributed by atoms with van der Waals surface area (Å²) in [4.78, 5) is 14.6. The Bertz CT molecular complexity index is 867. The van der Waals surface area contributed by atoms with Crippen LogP contribution in [0.5, 0.6) is 0 Å². The van der Waals surface area contributed by atoms with E-state index in [-0.39, 0.29) is 11.6 Å². The lowest BCUT2D eigenvalue weighted by molar-refractivity contribution is -0.137. The molecule has 2 heterocycles. The number of halogens is 3. The molecular weight excluding hydrogens is 385 g/mol. The van der Waals surface area contributed by atoms with Crippen molar-refractivity contribution in [1.29, 1.82) is 0 Å². The molecule has 0 bridgehead atoms. The fraction of sp³-hybridized carbons (Fsp3) is 0.600. The van der Waals surface area contributed by atoms with Crippen molar-refractivity contribution in [1.82, 2.24) is 19.2 Å². The molecule has 0 atom stereocenters. The lowest BCUT2D eigenvalue weighted by atomic mass is 9.95. The Morgan fingerprint density at radius 2 is 1.97 bits per heavy atom. The Hall–Kier alpha value is -2.13. The molecular formula is C20H27F3N4O2. The van der Waals surface area contributed by atoms with E-state index < -0.39 is 11.7 Å². The van der Waals surface area contributed by atoms with Crippen molar-refractivity contribution >= 4 is 0 Å². The number of likely N-dealkylation sites (tertiary alicyclic amines) is 1. The van der Waals surface area contributed by atoms with E-state index in [9.17, 15) is 18.0 Å². The van der Waals surface area contributed by atoms with Crippen LogP contribution in [0, 0.1) is 0 Å². The largest absolute Gasteiger partial charge is 0.416 e. The highest BCUT2D eigenvalue weighted by Crippen LogP contribution is 2.31. The Morgan fingerprint density at radius 3 is 2.59 bits per heavy atom. The summed E-state index contributed by atoms with van der Waals surface area (Å²) < 4.78 is 46.9. The van der Waals surface area contributed by atoms with Gasteiger partial charge in [0, 0.05) is 26.1 Å². The number of piperidine rings is 1. The molecule has 1 aliphatic heterocycles. The molecule has 9 heteroatoms. The van der Waals surface area contributed by atoms with Crippen LogP contribution in [0.25, 0.3) is 0 Å². The van der Waals surface area contributed by atoms with Crippen molar-refractivity contribution in [3.63, 3.8) is 0 Å². The Morgan fingerprint density at radius 1 is 1.24 bits per heavy atom. The summed E-state index contributed by atoms with van der Waals surface area (Å²) in [6.45, 7) is 5.33. The van der Waals surface area contributed by atoms with Crippen LogP contribution < -0.4 is 5.69 Å². The van der Waals surface area contributed by atoms with Crippen LogP contribution in [0.3, 0.4) is 0 Å². The minimum atomic E-state index is -4.32. The Kier molecular flexibility index (Phi) is 6.79. The van der Waals surface area contributed by atoms with Gasteiger partial charge >= 0.3 is 11.9 Å². The first-order valence-electron chi connectivity index (χ1n) is 9.88. The maximum atomic E-state index is 12.9. The van der Waals surface area contributed by atoms with Crippen LogP contribution in [0.2, 0.25) is 0 Å². The highest BCUT2D eigenvalue weighted by atomic mass is 19.4. The van der Waals surface area contributed by atoms with E-state index in [1.165, 1.54) is 16.8 Å². The SMILES string of the molecule is CCn1c(C2CCN(Cc3cccc(C(F)(F)F)c3)CC2)nn(CCOC)c1=O. The van der Waals surface area contributed by atoms with Gasteiger partial charge in [0.2, 0.25) is 0 Å². The summed E-state index contributed by atoms with van der Waals surface area (Å²) in [5, 5.41) is 4.53. The molecule has 6 nitrogen and oxygen atoms in total. The number of ether oxygens (including phenoxy) is 1. The minimum Gasteiger partial charge on any atom is -0.383 e. The fourth-order valence-corrected chi connectivity index (χ4v) is 3.83. The number of hydrogen-bond acceptors (Lipinski definition) is 4. The zero-order valence-corrected chi connectivity index (χ0v) is 16.8. The molecule has 1 aromatic heterocycles. The van der Waals surface area contributed by atoms with Crippen molar-refractivity contribution in [2.45, 2.75) is 51.5 Å². The van der Waals surface area contributed by atoms with Crippen molar-refractivity contribution < 1.29 is 17.9 Å². The predicted molar refractivity (Wildman–Crippen MR) is 103 cm³/mol. The molecule has 1 fully saturated rings. The summed E-state index contributed by atoms with van der Waals surface area (Å²) in [5.41, 5.74) is -0.0722. The molecule has 1 saturated heterocycles. The van der Waals surface area contributed by atoms with Gasteiger partial charge in [0.05, 0.1) is 18.7 Å². The average Bonchev–Trinajstić information content (AvgIpc) is 3.02. The fourth-order valence-electron chi connectivity index (χ4n) is 3.83. The normalized spacial score (nSPS) is 16.4. The zero-order valence-electron chi connectivity index (χ0n) is 16.8. The third-order valence-electron chi connectivity index (χ3n) is 5.39. The molecule has 0 spiro atoms. The summed E-state index contributed by atoms with van der Waals surface area (Å²) in [5.74, 6) is 0.969. The van der Waals surface area contributed by atoms with Gasteiger partial charge in [-0.15, -0.1) is 0 Å². The molecule has 3 rings (SSSR count). The van der Waals surface area contributed by atoms with Gasteiger partial charge in [-0.3, -0.25) is 9.47 Å². The van der Waals surface area contributed by atoms with Gasteiger partial charge in [0.25, 0.3) is 0 Å². The standard InChI is InChI=1S/C20H27F3N4O2/c1-3-26-18(24-27(19(26)28)11-12-29-2)16-7-9-25(10-8-16)14-15-5-4-6-17(13-15)20(21,22)23/h4-6,13,16H,3,7-12,14H2,1-2H3. The smallest absolute Gasteiger partial charge is 0.383 e. The Balaban J connectivity index is 1.65. The van der Waals surface area contributed by atoms with Gasteiger partial charge in [-0.05, 0) is 44.5 Å². The van der Waals surface area contributed by atoms with Gasteiger partial charge < -0.3 is 4.74 Å². The second kappa shape index (κ2) is 9.13. The van der Waals surface area contributed by atoms with Gasteiger partial charge in [-0.25, -0.2) is 9.48 Å². The maximum Gasteiger partial charge on any atom is 0.416 e. The van der Waals surface area contributed by atoms with Crippen molar-refractivity contribution in [2.24, 2.45) is 0 Å². The molecule has 0 saturated carbocycles. The molecule has 29 heavy (non-hydrogen) atoms. The molecule has 1 aliphatic rings. The number of aromatic nitrogens is 3. The maximum absolute atomic E-state index is 12.9. The lowest BCUT2D eigenvalue weighted by Crippen LogP contribution is -2.34. The van der Waals surface area contributed by atoms with Crippen LogP contribution in [0.4, 0.5) is 13.2 Å². The highest BCUT2D eigenvalue weighted by molar-refractivity contribution is 5.25. The van der Waals surface area contributed by atoms with Gasteiger partial charge in [-0.1, -0.05) is 18.2 Å². The van der Waals surface area contributed by atoms with Crippen LogP contribution in [-0.4, -0.2) is 46.1 Å². The number of methoxy groups -OCH3 is 1. The highest BCUT2D eigenvalue weighted by Gasteiger charge is 2.31. The molecule has 2 aromatic rings. The first-order valence-corrected chi connectivity index (χ1v) is 9.88. The van der Waals surface area contributed by atoms with Crippen molar-refractivity contribution in [3.8, 4) is 0 Å². The predicted octanol–water partition coefficient (Wildman–Crippen LogP) is 3.11. The third-order valence-corrected chi connectivity index (χ3v) is 5.39. The molecule has 0 amide bonds. The van der Waals surface area contributed by atoms with Crippen LogP contribution in [-0.2, 0) is 30.5 Å². The summed E-state index contributed by atoms with van der Waals surface area (Å²) in [6.07, 6.45) is -2.69. The van der Waals surface area contributed by atoms with Crippen molar-refractivity contribution in [3.05, 3.63) is 51.7 Å². The summed E-state index contributed by atoms with van der Waals surface area (Å²) in [7, 11) is 1.59. The van der Waals surface area contributed by atoms with E-state index in [1.54, 1.807) is 17.7 Å². The van der Waals surface area contributed by atoms with E-state index in [0.29, 0.717) is 31.8 Å². The van der Waals surface area contributed by atoms with E-state index in [0.717, 1.165) is 37.8 Å². The second-order valence-corrected chi connectivity index (χ2v) is 7.35. The first kappa shape index (κ1) is 21.6. The number of nitrogens with zero attached hydrogens (tertiary/aromatic N) is 4. The number of rotatable bonds is 7. The van der Waals surface area contributed by atoms with Crippen LogP contribution in [0.15, 0.2) is 29.1 Å².